The molecule has 0 bridgehead atoms. The molecule has 2 aromatic heterocycles. The summed E-state index contributed by atoms with van der Waals surface area (Å²) in [4.78, 5) is 22.1. The molecule has 0 amide bonds. The van der Waals surface area contributed by atoms with Gasteiger partial charge in [0.05, 0.1) is 5.69 Å². The molecular weight excluding hydrogens is 404 g/mol. The Bertz CT molecular complexity index is 1130. The molecule has 1 saturated carbocycles. The van der Waals surface area contributed by atoms with Crippen LogP contribution in [-0.4, -0.2) is 42.9 Å². The molecule has 1 unspecified atom stereocenters. The second-order valence-corrected chi connectivity index (χ2v) is 9.11. The van der Waals surface area contributed by atoms with E-state index >= 15 is 0 Å². The van der Waals surface area contributed by atoms with Crippen molar-refractivity contribution in [1.82, 2.24) is 24.7 Å². The van der Waals surface area contributed by atoms with Gasteiger partial charge in [-0.15, -0.1) is 10.2 Å². The molecular formula is C24H30N6O2. The van der Waals surface area contributed by atoms with E-state index in [2.05, 4.69) is 46.0 Å². The monoisotopic (exact) mass is 434 g/mol. The summed E-state index contributed by atoms with van der Waals surface area (Å²) in [5.74, 6) is 2.57. The fraction of sp³-hybridized carbons (Fsp3) is 0.458. The van der Waals surface area contributed by atoms with E-state index in [-0.39, 0.29) is 11.6 Å². The van der Waals surface area contributed by atoms with Gasteiger partial charge in [0.15, 0.2) is 11.6 Å². The van der Waals surface area contributed by atoms with Crippen LogP contribution < -0.4 is 10.6 Å². The van der Waals surface area contributed by atoms with E-state index in [1.807, 2.05) is 12.1 Å². The number of hydrogen-bond donors (Lipinski definition) is 1. The van der Waals surface area contributed by atoms with Gasteiger partial charge in [0.1, 0.15) is 12.1 Å². The van der Waals surface area contributed by atoms with Crippen molar-refractivity contribution < 1.29 is 5.11 Å². The predicted octanol–water partition coefficient (Wildman–Crippen LogP) is 3.66. The van der Waals surface area contributed by atoms with E-state index in [0.717, 1.165) is 18.7 Å². The normalized spacial score (nSPS) is 21.2. The number of benzene rings is 1. The summed E-state index contributed by atoms with van der Waals surface area (Å²) in [5, 5.41) is 19.4. The van der Waals surface area contributed by atoms with Crippen molar-refractivity contribution in [2.45, 2.75) is 45.6 Å². The Morgan fingerprint density at radius 3 is 2.38 bits per heavy atom. The van der Waals surface area contributed by atoms with Gasteiger partial charge in [-0.3, -0.25) is 4.57 Å². The molecule has 1 fully saturated rings. The van der Waals surface area contributed by atoms with Crippen LogP contribution >= 0.6 is 0 Å². The van der Waals surface area contributed by atoms with Gasteiger partial charge >= 0.3 is 5.69 Å². The van der Waals surface area contributed by atoms with Gasteiger partial charge in [0.2, 0.25) is 0 Å². The van der Waals surface area contributed by atoms with E-state index in [1.165, 1.54) is 23.7 Å². The Balaban J connectivity index is 1.54. The smallest absolute Gasteiger partial charge is 0.350 e. The van der Waals surface area contributed by atoms with Crippen LogP contribution in [0.2, 0.25) is 0 Å². The Morgan fingerprint density at radius 2 is 1.78 bits per heavy atom. The number of rotatable bonds is 4. The lowest BCUT2D eigenvalue weighted by Gasteiger charge is -2.30. The van der Waals surface area contributed by atoms with Gasteiger partial charge in [-0.05, 0) is 48.9 Å². The molecule has 0 saturated heterocycles. The zero-order valence-corrected chi connectivity index (χ0v) is 19.1. The quantitative estimate of drug-likeness (QED) is 0.626. The minimum atomic E-state index is -0.401. The molecule has 0 radical (unpaired) electrons. The number of phenolic OH excluding ortho intramolecular Hbond substituents is 1. The molecule has 1 aliphatic rings. The summed E-state index contributed by atoms with van der Waals surface area (Å²) < 4.78 is 1.29. The minimum Gasteiger partial charge on any atom is -0.507 e. The van der Waals surface area contributed by atoms with Gasteiger partial charge in [0, 0.05) is 31.3 Å². The first-order chi connectivity index (χ1) is 15.3. The van der Waals surface area contributed by atoms with Gasteiger partial charge in [0.25, 0.3) is 0 Å². The lowest BCUT2D eigenvalue weighted by molar-refractivity contribution is 0.446. The number of nitrogens with zero attached hydrogens (tertiary/aromatic N) is 6. The van der Waals surface area contributed by atoms with Crippen molar-refractivity contribution in [3.05, 3.63) is 47.1 Å². The van der Waals surface area contributed by atoms with Crippen molar-refractivity contribution in [3.63, 3.8) is 0 Å². The second-order valence-electron chi connectivity index (χ2n) is 9.11. The van der Waals surface area contributed by atoms with Gasteiger partial charge in [-0.25, -0.2) is 9.78 Å². The number of anilines is 1. The standard InChI is InChI=1S/C24H30N6O2/c1-15-5-6-16(2)12-18(11-15)30(4)22-10-9-20(27-28-22)19-8-7-17(13-21(19)31)23-25-14-29(3)24(32)26-23/h7-10,13-16,18,31H,5-6,11-12H2,1-4H3/t15-,16+,18?. The summed E-state index contributed by atoms with van der Waals surface area (Å²) in [6.45, 7) is 4.66. The lowest BCUT2D eigenvalue weighted by Crippen LogP contribution is -2.34. The molecule has 0 spiro atoms. The second kappa shape index (κ2) is 9.06. The minimum absolute atomic E-state index is 0.0357. The van der Waals surface area contributed by atoms with Gasteiger partial charge < -0.3 is 10.0 Å². The maximum Gasteiger partial charge on any atom is 0.350 e. The third-order valence-electron chi connectivity index (χ3n) is 6.45. The van der Waals surface area contributed by atoms with E-state index in [0.29, 0.717) is 34.7 Å². The Morgan fingerprint density at radius 1 is 1.06 bits per heavy atom. The van der Waals surface area contributed by atoms with Crippen LogP contribution in [-0.2, 0) is 7.05 Å². The van der Waals surface area contributed by atoms with E-state index in [4.69, 9.17) is 0 Å². The van der Waals surface area contributed by atoms with Crippen LogP contribution in [0, 0.1) is 11.8 Å². The molecule has 8 heteroatoms. The molecule has 0 aliphatic heterocycles. The third-order valence-corrected chi connectivity index (χ3v) is 6.45. The number of hydrogen-bond acceptors (Lipinski definition) is 7. The highest BCUT2D eigenvalue weighted by molar-refractivity contribution is 5.72. The number of phenols is 1. The van der Waals surface area contributed by atoms with Crippen LogP contribution in [0.15, 0.2) is 41.5 Å². The highest BCUT2D eigenvalue weighted by Gasteiger charge is 2.25. The van der Waals surface area contributed by atoms with E-state index in [9.17, 15) is 9.90 Å². The average Bonchev–Trinajstić information content (AvgIpc) is 2.95. The molecule has 1 N–H and O–H groups in total. The van der Waals surface area contributed by atoms with Crippen molar-refractivity contribution in [3.8, 4) is 28.4 Å². The SMILES string of the molecule is C[C@@H]1CC[C@H](C)CC(N(C)c2ccc(-c3ccc(-c4ncn(C)c(=O)n4)cc3O)nn2)C1. The fourth-order valence-electron chi connectivity index (χ4n) is 4.41. The summed E-state index contributed by atoms with van der Waals surface area (Å²) in [6, 6.07) is 9.34. The molecule has 1 aromatic carbocycles. The number of aromatic nitrogens is 5. The fourth-order valence-corrected chi connectivity index (χ4v) is 4.41. The Labute approximate surface area is 188 Å². The third kappa shape index (κ3) is 4.64. The predicted molar refractivity (Wildman–Crippen MR) is 124 cm³/mol. The summed E-state index contributed by atoms with van der Waals surface area (Å²) in [7, 11) is 3.68. The average molecular weight is 435 g/mol. The zero-order valence-electron chi connectivity index (χ0n) is 19.1. The van der Waals surface area contributed by atoms with Crippen molar-refractivity contribution in [1.29, 1.82) is 0 Å². The molecule has 32 heavy (non-hydrogen) atoms. The molecule has 4 rings (SSSR count). The number of aromatic hydroxyl groups is 1. The van der Waals surface area contributed by atoms with Crippen LogP contribution in [0.5, 0.6) is 5.75 Å². The van der Waals surface area contributed by atoms with E-state index in [1.54, 1.807) is 25.2 Å². The first kappa shape index (κ1) is 21.9. The molecule has 168 valence electrons. The molecule has 1 aliphatic carbocycles. The molecule has 3 atom stereocenters. The zero-order chi connectivity index (χ0) is 22.8. The highest BCUT2D eigenvalue weighted by atomic mass is 16.3. The summed E-state index contributed by atoms with van der Waals surface area (Å²) in [6.07, 6.45) is 6.31. The van der Waals surface area contributed by atoms with Crippen LogP contribution in [0.4, 0.5) is 5.82 Å². The van der Waals surface area contributed by atoms with Crippen molar-refractivity contribution >= 4 is 5.82 Å². The van der Waals surface area contributed by atoms with Gasteiger partial charge in [-0.2, -0.15) is 4.98 Å². The summed E-state index contributed by atoms with van der Waals surface area (Å²) in [5.41, 5.74) is 1.31. The van der Waals surface area contributed by atoms with E-state index < -0.39 is 5.69 Å². The Hall–Kier alpha value is -3.29. The first-order valence-electron chi connectivity index (χ1n) is 11.1. The topological polar surface area (TPSA) is 97.0 Å². The Kier molecular flexibility index (Phi) is 6.21. The van der Waals surface area contributed by atoms with Crippen molar-refractivity contribution in [2.75, 3.05) is 11.9 Å². The maximum absolute atomic E-state index is 11.8. The van der Waals surface area contributed by atoms with Gasteiger partial charge in [-0.1, -0.05) is 32.8 Å². The molecule has 3 aromatic rings. The highest BCUT2D eigenvalue weighted by Crippen LogP contribution is 2.33. The van der Waals surface area contributed by atoms with Crippen molar-refractivity contribution in [2.24, 2.45) is 18.9 Å². The summed E-state index contributed by atoms with van der Waals surface area (Å²) >= 11 is 0. The lowest BCUT2D eigenvalue weighted by atomic mass is 9.98. The van der Waals surface area contributed by atoms with Crippen LogP contribution in [0.3, 0.4) is 0 Å². The molecule has 8 nitrogen and oxygen atoms in total. The number of aryl methyl sites for hydroxylation is 1. The van der Waals surface area contributed by atoms with Crippen LogP contribution in [0.25, 0.3) is 22.6 Å². The maximum atomic E-state index is 11.8. The first-order valence-corrected chi connectivity index (χ1v) is 11.1. The largest absolute Gasteiger partial charge is 0.507 e. The van der Waals surface area contributed by atoms with Crippen LogP contribution in [0.1, 0.15) is 39.5 Å². The molecule has 2 heterocycles.